The van der Waals surface area contributed by atoms with E-state index in [2.05, 4.69) is 0 Å². The first-order valence-electron chi connectivity index (χ1n) is 7.77. The molecule has 0 saturated carbocycles. The maximum absolute atomic E-state index is 12.1. The zero-order valence-electron chi connectivity index (χ0n) is 14.0. The van der Waals surface area contributed by atoms with Crippen molar-refractivity contribution in [3.63, 3.8) is 0 Å². The summed E-state index contributed by atoms with van der Waals surface area (Å²) < 4.78 is 10.6. The minimum atomic E-state index is -0.553. The van der Waals surface area contributed by atoms with E-state index in [4.69, 9.17) is 9.47 Å². The topological polar surface area (TPSA) is 69.7 Å². The molecule has 5 heteroatoms. The molecule has 0 amide bonds. The maximum Gasteiger partial charge on any atom is 0.334 e. The van der Waals surface area contributed by atoms with Crippen LogP contribution in [0, 0.1) is 0 Å². The summed E-state index contributed by atoms with van der Waals surface area (Å²) in [7, 11) is 0. The third-order valence-electron chi connectivity index (χ3n) is 3.60. The maximum atomic E-state index is 12.1. The molecule has 1 unspecified atom stereocenters. The molecule has 1 atom stereocenters. The summed E-state index contributed by atoms with van der Waals surface area (Å²) in [6.07, 6.45) is 2.42. The molecule has 24 heavy (non-hydrogen) atoms. The third-order valence-corrected chi connectivity index (χ3v) is 3.60. The molecule has 126 valence electrons. The molecule has 1 aromatic carbocycles. The molecule has 1 aliphatic rings. The van der Waals surface area contributed by atoms with Crippen molar-refractivity contribution in [3.8, 4) is 0 Å². The monoisotopic (exact) mass is 328 g/mol. The predicted octanol–water partition coefficient (Wildman–Crippen LogP) is 3.16. The molecule has 0 bridgehead atoms. The first kappa shape index (κ1) is 17.7. The van der Waals surface area contributed by atoms with Crippen molar-refractivity contribution in [3.05, 3.63) is 53.3 Å². The van der Waals surface area contributed by atoms with E-state index in [0.717, 1.165) is 11.1 Å². The van der Waals surface area contributed by atoms with Crippen LogP contribution in [0.25, 0.3) is 5.57 Å². The minimum Gasteiger partial charge on any atom is -0.488 e. The van der Waals surface area contributed by atoms with Crippen LogP contribution in [0.4, 0.5) is 0 Å². The molecule has 0 radical (unpaired) electrons. The zero-order valence-corrected chi connectivity index (χ0v) is 14.0. The Balaban J connectivity index is 2.42. The Kier molecular flexibility index (Phi) is 5.68. The van der Waals surface area contributed by atoms with Gasteiger partial charge in [-0.2, -0.15) is 0 Å². The molecular formula is C19H20O5. The molecule has 1 aromatic rings. The van der Waals surface area contributed by atoms with Crippen LogP contribution in [0.2, 0.25) is 0 Å². The highest BCUT2D eigenvalue weighted by atomic mass is 16.5. The van der Waals surface area contributed by atoms with Gasteiger partial charge in [0, 0.05) is 17.6 Å². The molecule has 0 aromatic heterocycles. The predicted molar refractivity (Wildman–Crippen MR) is 88.9 cm³/mol. The van der Waals surface area contributed by atoms with Crippen LogP contribution in [0.5, 0.6) is 0 Å². The quantitative estimate of drug-likeness (QED) is 0.592. The molecule has 2 rings (SSSR count). The lowest BCUT2D eigenvalue weighted by atomic mass is 9.91. The molecule has 0 aliphatic carbocycles. The number of hydrogen-bond donors (Lipinski definition) is 0. The van der Waals surface area contributed by atoms with Gasteiger partial charge in [-0.3, -0.25) is 9.59 Å². The lowest BCUT2D eigenvalue weighted by Crippen LogP contribution is -2.15. The molecule has 0 N–H and O–H groups in total. The van der Waals surface area contributed by atoms with Gasteiger partial charge >= 0.3 is 5.97 Å². The van der Waals surface area contributed by atoms with Gasteiger partial charge in [0.2, 0.25) is 0 Å². The highest BCUT2D eigenvalue weighted by Crippen LogP contribution is 2.34. The number of rotatable bonds is 6. The smallest absolute Gasteiger partial charge is 0.334 e. The van der Waals surface area contributed by atoms with Crippen molar-refractivity contribution in [2.45, 2.75) is 33.3 Å². The number of benzene rings is 1. The van der Waals surface area contributed by atoms with E-state index in [1.54, 1.807) is 13.0 Å². The van der Waals surface area contributed by atoms with Crippen molar-refractivity contribution in [1.82, 2.24) is 0 Å². The Labute approximate surface area is 141 Å². The average molecular weight is 328 g/mol. The Morgan fingerprint density at radius 3 is 2.54 bits per heavy atom. The fraction of sp³-hybridized carbons (Fsp3) is 0.316. The first-order chi connectivity index (χ1) is 11.4. The van der Waals surface area contributed by atoms with E-state index in [0.29, 0.717) is 5.57 Å². The second kappa shape index (κ2) is 7.73. The number of Topliss-reactive ketones (excluding diaryl/α,β-unsaturated/α-hetero) is 2. The highest BCUT2D eigenvalue weighted by molar-refractivity contribution is 6.20. The Hall–Kier alpha value is -2.69. The zero-order chi connectivity index (χ0) is 17.7. The van der Waals surface area contributed by atoms with Gasteiger partial charge in [-0.15, -0.1) is 0 Å². The van der Waals surface area contributed by atoms with Gasteiger partial charge in [0.15, 0.2) is 5.78 Å². The van der Waals surface area contributed by atoms with Crippen molar-refractivity contribution in [2.24, 2.45) is 0 Å². The van der Waals surface area contributed by atoms with Crippen molar-refractivity contribution in [2.75, 3.05) is 6.61 Å². The molecule has 0 fully saturated rings. The van der Waals surface area contributed by atoms with Gasteiger partial charge < -0.3 is 9.47 Å². The van der Waals surface area contributed by atoms with Gasteiger partial charge in [-0.1, -0.05) is 24.3 Å². The van der Waals surface area contributed by atoms with Gasteiger partial charge in [0.25, 0.3) is 0 Å². The summed E-state index contributed by atoms with van der Waals surface area (Å²) in [5, 5.41) is 0. The molecule has 1 aliphatic heterocycles. The Morgan fingerprint density at radius 1 is 1.21 bits per heavy atom. The number of carbonyl (C=O) groups is 3. The SMILES string of the molecule is CCOC(=O)/C(=C/C1OC=C(C(C)=O)c2ccccc21)CC(C)=O. The summed E-state index contributed by atoms with van der Waals surface area (Å²) in [6, 6.07) is 7.34. The molecular weight excluding hydrogens is 308 g/mol. The van der Waals surface area contributed by atoms with Gasteiger partial charge in [0.1, 0.15) is 11.9 Å². The number of carbonyl (C=O) groups excluding carboxylic acids is 3. The fourth-order valence-electron chi connectivity index (χ4n) is 2.54. The van der Waals surface area contributed by atoms with E-state index >= 15 is 0 Å². The summed E-state index contributed by atoms with van der Waals surface area (Å²) in [5.41, 5.74) is 2.28. The molecule has 5 nitrogen and oxygen atoms in total. The molecule has 0 spiro atoms. The van der Waals surface area contributed by atoms with Crippen LogP contribution >= 0.6 is 0 Å². The Morgan fingerprint density at radius 2 is 1.92 bits per heavy atom. The standard InChI is InChI=1S/C19H20O5/c1-4-23-19(22)14(9-12(2)20)10-18-16-8-6-5-7-15(16)17(11-24-18)13(3)21/h5-8,10-11,18H,4,9H2,1-3H3/b14-10+. The summed E-state index contributed by atoms with van der Waals surface area (Å²) in [5.74, 6) is -0.771. The van der Waals surface area contributed by atoms with Crippen molar-refractivity contribution >= 4 is 23.1 Å². The van der Waals surface area contributed by atoms with Crippen molar-refractivity contribution in [1.29, 1.82) is 0 Å². The van der Waals surface area contributed by atoms with Gasteiger partial charge in [0.05, 0.1) is 18.4 Å². The van der Waals surface area contributed by atoms with E-state index < -0.39 is 12.1 Å². The minimum absolute atomic E-state index is 0.0237. The van der Waals surface area contributed by atoms with Gasteiger partial charge in [-0.05, 0) is 32.4 Å². The lowest BCUT2D eigenvalue weighted by molar-refractivity contribution is -0.139. The van der Waals surface area contributed by atoms with Crippen LogP contribution in [-0.4, -0.2) is 24.1 Å². The fourth-order valence-corrected chi connectivity index (χ4v) is 2.54. The number of hydrogen-bond acceptors (Lipinski definition) is 5. The van der Waals surface area contributed by atoms with Crippen LogP contribution in [0.15, 0.2) is 42.2 Å². The number of allylic oxidation sites excluding steroid dienone is 1. The normalized spacial score (nSPS) is 16.5. The highest BCUT2D eigenvalue weighted by Gasteiger charge is 2.25. The number of fused-ring (bicyclic) bond motifs is 1. The van der Waals surface area contributed by atoms with Gasteiger partial charge in [-0.25, -0.2) is 4.79 Å². The number of ketones is 2. The van der Waals surface area contributed by atoms with E-state index in [1.165, 1.54) is 20.1 Å². The number of ether oxygens (including phenoxy) is 2. The summed E-state index contributed by atoms with van der Waals surface area (Å²) in [6.45, 7) is 4.82. The number of esters is 1. The summed E-state index contributed by atoms with van der Waals surface area (Å²) in [4.78, 5) is 35.3. The summed E-state index contributed by atoms with van der Waals surface area (Å²) >= 11 is 0. The van der Waals surface area contributed by atoms with E-state index in [-0.39, 0.29) is 30.2 Å². The lowest BCUT2D eigenvalue weighted by Gasteiger charge is -2.24. The first-order valence-corrected chi connectivity index (χ1v) is 7.77. The van der Waals surface area contributed by atoms with Crippen LogP contribution < -0.4 is 0 Å². The van der Waals surface area contributed by atoms with Crippen molar-refractivity contribution < 1.29 is 23.9 Å². The Bertz CT molecular complexity index is 727. The van der Waals surface area contributed by atoms with Crippen LogP contribution in [-0.2, 0) is 23.9 Å². The van der Waals surface area contributed by atoms with E-state index in [1.807, 2.05) is 24.3 Å². The molecule has 1 heterocycles. The second-order valence-corrected chi connectivity index (χ2v) is 5.52. The second-order valence-electron chi connectivity index (χ2n) is 5.52. The van der Waals surface area contributed by atoms with Crippen LogP contribution in [0.1, 0.15) is 44.4 Å². The average Bonchev–Trinajstić information content (AvgIpc) is 2.54. The van der Waals surface area contributed by atoms with E-state index in [9.17, 15) is 14.4 Å². The largest absolute Gasteiger partial charge is 0.488 e. The third kappa shape index (κ3) is 3.98. The van der Waals surface area contributed by atoms with Crippen LogP contribution in [0.3, 0.4) is 0 Å². The molecule has 0 saturated heterocycles.